The van der Waals surface area contributed by atoms with Crippen LogP contribution in [0.5, 0.6) is 5.75 Å². The highest BCUT2D eigenvalue weighted by Gasteiger charge is 2.38. The van der Waals surface area contributed by atoms with Crippen molar-refractivity contribution in [2.75, 3.05) is 0 Å². The minimum Gasteiger partial charge on any atom is -0.508 e. The summed E-state index contributed by atoms with van der Waals surface area (Å²) < 4.78 is 11.2. The standard InChI is InChI=1S/C16H18NO7P/c1-2-12(9-4-3-5-10(18)6-9)16(21)15-13(17-25(22,23)24)7-11(19)8-14(15)20/h3-8,12,15,18-19H,2H2,1H3,(H3,17,22,23,24). The van der Waals surface area contributed by atoms with Crippen LogP contribution < -0.4 is 5.09 Å². The van der Waals surface area contributed by atoms with E-state index in [-0.39, 0.29) is 11.4 Å². The molecule has 2 unspecified atom stereocenters. The number of carbonyl (C=O) groups excluding carboxylic acids is 2. The molecule has 0 bridgehead atoms. The first-order valence-corrected chi connectivity index (χ1v) is 9.06. The van der Waals surface area contributed by atoms with Crippen LogP contribution >= 0.6 is 7.75 Å². The molecule has 1 aromatic carbocycles. The number of phenols is 1. The Hall–Kier alpha value is -2.41. The van der Waals surface area contributed by atoms with E-state index in [0.717, 1.165) is 12.2 Å². The number of aliphatic hydroxyl groups excluding tert-OH is 1. The molecule has 1 aliphatic carbocycles. The van der Waals surface area contributed by atoms with E-state index in [0.29, 0.717) is 12.0 Å². The van der Waals surface area contributed by atoms with Crippen LogP contribution in [0.1, 0.15) is 24.8 Å². The summed E-state index contributed by atoms with van der Waals surface area (Å²) in [6.45, 7) is 1.72. The van der Waals surface area contributed by atoms with Gasteiger partial charge in [-0.15, -0.1) is 0 Å². The van der Waals surface area contributed by atoms with Gasteiger partial charge < -0.3 is 20.0 Å². The average Bonchev–Trinajstić information content (AvgIpc) is 2.45. The molecule has 8 nitrogen and oxygen atoms in total. The van der Waals surface area contributed by atoms with E-state index in [2.05, 4.69) is 0 Å². The van der Waals surface area contributed by atoms with E-state index < -0.39 is 36.9 Å². The lowest BCUT2D eigenvalue weighted by Gasteiger charge is -2.25. The lowest BCUT2D eigenvalue weighted by atomic mass is 9.80. The lowest BCUT2D eigenvalue weighted by Crippen LogP contribution is -2.35. The summed E-state index contributed by atoms with van der Waals surface area (Å²) in [7, 11) is -4.78. The molecule has 0 aliphatic heterocycles. The lowest BCUT2D eigenvalue weighted by molar-refractivity contribution is -0.130. The molecular weight excluding hydrogens is 349 g/mol. The number of benzene rings is 1. The summed E-state index contributed by atoms with van der Waals surface area (Å²) >= 11 is 0. The van der Waals surface area contributed by atoms with Gasteiger partial charge in [-0.05, 0) is 24.1 Å². The number of aliphatic hydroxyl groups is 1. The number of nitrogens with one attached hydrogen (secondary N) is 1. The minimum absolute atomic E-state index is 0.0413. The largest absolute Gasteiger partial charge is 0.508 e. The van der Waals surface area contributed by atoms with Crippen LogP contribution in [0.25, 0.3) is 0 Å². The van der Waals surface area contributed by atoms with Crippen LogP contribution in [0.3, 0.4) is 0 Å². The molecule has 0 amide bonds. The van der Waals surface area contributed by atoms with Crippen molar-refractivity contribution in [2.24, 2.45) is 5.92 Å². The smallest absolute Gasteiger partial charge is 0.427 e. The van der Waals surface area contributed by atoms with Crippen molar-refractivity contribution in [1.29, 1.82) is 0 Å². The zero-order chi connectivity index (χ0) is 18.8. The average molecular weight is 367 g/mol. The van der Waals surface area contributed by atoms with Crippen LogP contribution in [0, 0.1) is 5.92 Å². The SMILES string of the molecule is CCC(C(=O)C1C(=O)C=C(O)C=C1NP(=O)(O)O)c1cccc(O)c1. The van der Waals surface area contributed by atoms with Gasteiger partial charge in [0.25, 0.3) is 0 Å². The van der Waals surface area contributed by atoms with Crippen molar-refractivity contribution in [3.05, 3.63) is 53.4 Å². The van der Waals surface area contributed by atoms with Crippen molar-refractivity contribution in [3.63, 3.8) is 0 Å². The van der Waals surface area contributed by atoms with Crippen LogP contribution in [0.2, 0.25) is 0 Å². The third kappa shape index (κ3) is 4.57. The highest BCUT2D eigenvalue weighted by atomic mass is 31.2. The van der Waals surface area contributed by atoms with Crippen molar-refractivity contribution in [2.45, 2.75) is 19.3 Å². The van der Waals surface area contributed by atoms with E-state index in [9.17, 15) is 24.4 Å². The fourth-order valence-corrected chi connectivity index (χ4v) is 3.30. The topological polar surface area (TPSA) is 144 Å². The normalized spacial score (nSPS) is 19.0. The second kappa shape index (κ2) is 7.23. The van der Waals surface area contributed by atoms with E-state index in [4.69, 9.17) is 9.79 Å². The molecule has 0 aromatic heterocycles. The summed E-state index contributed by atoms with van der Waals surface area (Å²) in [5, 5.41) is 20.9. The fraction of sp³-hybridized carbons (Fsp3) is 0.250. The molecular formula is C16H18NO7P. The van der Waals surface area contributed by atoms with E-state index >= 15 is 0 Å². The molecule has 1 aliphatic rings. The Labute approximate surface area is 143 Å². The maximum atomic E-state index is 12.9. The van der Waals surface area contributed by atoms with Crippen LogP contribution in [0.15, 0.2) is 47.9 Å². The highest BCUT2D eigenvalue weighted by Crippen LogP contribution is 2.36. The van der Waals surface area contributed by atoms with Gasteiger partial charge in [-0.1, -0.05) is 19.1 Å². The molecule has 1 aromatic rings. The summed E-state index contributed by atoms with van der Waals surface area (Å²) in [5.41, 5.74) is 0.122. The highest BCUT2D eigenvalue weighted by molar-refractivity contribution is 7.49. The number of phenolic OH excluding ortho intramolecular Hbond substituents is 1. The van der Waals surface area contributed by atoms with E-state index in [1.807, 2.05) is 5.09 Å². The number of rotatable bonds is 6. The van der Waals surface area contributed by atoms with E-state index in [1.165, 1.54) is 12.1 Å². The van der Waals surface area contributed by atoms with Gasteiger partial charge in [0, 0.05) is 23.8 Å². The zero-order valence-electron chi connectivity index (χ0n) is 13.3. The molecule has 5 N–H and O–H groups in total. The predicted molar refractivity (Wildman–Crippen MR) is 88.6 cm³/mol. The number of hydrogen-bond acceptors (Lipinski definition) is 5. The van der Waals surface area contributed by atoms with Crippen LogP contribution in [-0.2, 0) is 14.2 Å². The number of Topliss-reactive ketones (excluding diaryl/α,β-unsaturated/α-hetero) is 1. The van der Waals surface area contributed by atoms with Crippen molar-refractivity contribution < 1.29 is 34.2 Å². The van der Waals surface area contributed by atoms with Crippen molar-refractivity contribution >= 4 is 19.3 Å². The maximum Gasteiger partial charge on any atom is 0.427 e. The first kappa shape index (κ1) is 18.9. The molecule has 2 rings (SSSR count). The van der Waals surface area contributed by atoms with Gasteiger partial charge in [-0.3, -0.25) is 14.7 Å². The Balaban J connectivity index is 2.41. The first-order chi connectivity index (χ1) is 11.6. The zero-order valence-corrected chi connectivity index (χ0v) is 14.2. The second-order valence-electron chi connectivity index (χ2n) is 5.62. The predicted octanol–water partition coefficient (Wildman–Crippen LogP) is 1.66. The molecule has 0 saturated heterocycles. The summed E-state index contributed by atoms with van der Waals surface area (Å²) in [6.07, 6.45) is 2.09. The summed E-state index contributed by atoms with van der Waals surface area (Å²) in [4.78, 5) is 43.3. The monoisotopic (exact) mass is 367 g/mol. The fourth-order valence-electron chi connectivity index (χ4n) is 2.77. The third-order valence-electron chi connectivity index (χ3n) is 3.77. The molecule has 0 fully saturated rings. The first-order valence-electron chi connectivity index (χ1n) is 7.45. The second-order valence-corrected chi connectivity index (χ2v) is 6.93. The molecule has 0 saturated carbocycles. The summed E-state index contributed by atoms with van der Waals surface area (Å²) in [5.74, 6) is -4.16. The van der Waals surface area contributed by atoms with Gasteiger partial charge in [0.1, 0.15) is 17.4 Å². The molecule has 25 heavy (non-hydrogen) atoms. The number of allylic oxidation sites excluding steroid dienone is 3. The Morgan fingerprint density at radius 2 is 1.96 bits per heavy atom. The van der Waals surface area contributed by atoms with Crippen molar-refractivity contribution in [1.82, 2.24) is 5.09 Å². The molecule has 0 spiro atoms. The van der Waals surface area contributed by atoms with Gasteiger partial charge in [-0.2, -0.15) is 0 Å². The van der Waals surface area contributed by atoms with Gasteiger partial charge >= 0.3 is 7.75 Å². The molecule has 134 valence electrons. The molecule has 2 atom stereocenters. The Morgan fingerprint density at radius 1 is 1.28 bits per heavy atom. The molecule has 0 heterocycles. The van der Waals surface area contributed by atoms with E-state index in [1.54, 1.807) is 19.1 Å². The van der Waals surface area contributed by atoms with Crippen molar-refractivity contribution in [3.8, 4) is 5.75 Å². The molecule has 0 radical (unpaired) electrons. The van der Waals surface area contributed by atoms with Gasteiger partial charge in [0.2, 0.25) is 0 Å². The van der Waals surface area contributed by atoms with Gasteiger partial charge in [-0.25, -0.2) is 4.57 Å². The Bertz CT molecular complexity index is 808. The third-order valence-corrected chi connectivity index (χ3v) is 4.32. The number of ketones is 2. The minimum atomic E-state index is -4.78. The Kier molecular flexibility index (Phi) is 5.47. The van der Waals surface area contributed by atoms with Crippen LogP contribution in [-0.4, -0.2) is 31.6 Å². The van der Waals surface area contributed by atoms with Gasteiger partial charge in [0.15, 0.2) is 11.6 Å². The van der Waals surface area contributed by atoms with Crippen LogP contribution in [0.4, 0.5) is 0 Å². The maximum absolute atomic E-state index is 12.9. The van der Waals surface area contributed by atoms with Gasteiger partial charge in [0.05, 0.1) is 0 Å². The number of aromatic hydroxyl groups is 1. The Morgan fingerprint density at radius 3 is 2.52 bits per heavy atom. The number of hydrogen-bond donors (Lipinski definition) is 5. The summed E-state index contributed by atoms with van der Waals surface area (Å²) in [6, 6.07) is 6.01. The number of carbonyl (C=O) groups is 2. The quantitative estimate of drug-likeness (QED) is 0.377. The molecule has 9 heteroatoms.